The van der Waals surface area contributed by atoms with Gasteiger partial charge in [0.2, 0.25) is 0 Å². The van der Waals surface area contributed by atoms with Crippen molar-refractivity contribution in [2.24, 2.45) is 5.41 Å². The monoisotopic (exact) mass is 290 g/mol. The van der Waals surface area contributed by atoms with Gasteiger partial charge in [-0.25, -0.2) is 0 Å². The van der Waals surface area contributed by atoms with Gasteiger partial charge in [-0.05, 0) is 43.8 Å². The third-order valence-electron chi connectivity index (χ3n) is 5.59. The Hall–Kier alpha value is -0.900. The molecule has 0 aromatic heterocycles. The average molecular weight is 290 g/mol. The quantitative estimate of drug-likeness (QED) is 0.810. The minimum absolute atomic E-state index is 0.120. The van der Waals surface area contributed by atoms with Crippen molar-refractivity contribution in [1.82, 2.24) is 10.2 Å². The number of rotatable bonds is 7. The molecule has 21 heavy (non-hydrogen) atoms. The molecule has 1 aromatic rings. The molecule has 118 valence electrons. The van der Waals surface area contributed by atoms with E-state index in [1.807, 2.05) is 25.2 Å². The summed E-state index contributed by atoms with van der Waals surface area (Å²) in [6.45, 7) is 7.89. The van der Waals surface area contributed by atoms with Crippen LogP contribution in [0.5, 0.6) is 0 Å². The highest BCUT2D eigenvalue weighted by Gasteiger charge is 2.39. The topological polar surface area (TPSA) is 35.5 Å². The fourth-order valence-electron chi connectivity index (χ4n) is 3.66. The van der Waals surface area contributed by atoms with Crippen LogP contribution in [0.3, 0.4) is 0 Å². The van der Waals surface area contributed by atoms with Gasteiger partial charge in [-0.15, -0.1) is 0 Å². The Labute approximate surface area is 129 Å². The molecule has 0 spiro atoms. The van der Waals surface area contributed by atoms with Gasteiger partial charge in [-0.1, -0.05) is 44.2 Å². The lowest BCUT2D eigenvalue weighted by molar-refractivity contribution is 0.116. The molecule has 0 saturated carbocycles. The van der Waals surface area contributed by atoms with Crippen LogP contribution < -0.4 is 5.32 Å². The van der Waals surface area contributed by atoms with E-state index in [1.165, 1.54) is 24.8 Å². The highest BCUT2D eigenvalue weighted by Crippen LogP contribution is 2.38. The maximum Gasteiger partial charge on any atom is 0.0795 e. The van der Waals surface area contributed by atoms with Crippen molar-refractivity contribution in [2.75, 3.05) is 33.3 Å². The van der Waals surface area contributed by atoms with Gasteiger partial charge >= 0.3 is 0 Å². The maximum atomic E-state index is 10.0. The molecule has 0 bridgehead atoms. The molecule has 1 aliphatic heterocycles. The third-order valence-corrected chi connectivity index (χ3v) is 5.59. The molecule has 3 heteroatoms. The van der Waals surface area contributed by atoms with Crippen molar-refractivity contribution in [3.05, 3.63) is 35.9 Å². The molecule has 1 atom stereocenters. The second-order valence-electron chi connectivity index (χ2n) is 6.52. The number of benzene rings is 1. The molecule has 0 aliphatic carbocycles. The predicted molar refractivity (Wildman–Crippen MR) is 88.3 cm³/mol. The van der Waals surface area contributed by atoms with E-state index in [2.05, 4.69) is 36.2 Å². The summed E-state index contributed by atoms with van der Waals surface area (Å²) in [5.74, 6) is 0. The summed E-state index contributed by atoms with van der Waals surface area (Å²) in [6.07, 6.45) is 3.77. The van der Waals surface area contributed by atoms with E-state index in [-0.39, 0.29) is 12.1 Å². The molecule has 1 aliphatic rings. The van der Waals surface area contributed by atoms with Gasteiger partial charge in [-0.3, -0.25) is 0 Å². The number of nitrogens with one attached hydrogen (secondary N) is 1. The predicted octanol–water partition coefficient (Wildman–Crippen LogP) is 2.61. The fourth-order valence-corrected chi connectivity index (χ4v) is 3.66. The van der Waals surface area contributed by atoms with Crippen LogP contribution in [0, 0.1) is 5.41 Å². The Morgan fingerprint density at radius 1 is 1.24 bits per heavy atom. The smallest absolute Gasteiger partial charge is 0.0795 e. The number of hydrogen-bond donors (Lipinski definition) is 2. The summed E-state index contributed by atoms with van der Waals surface area (Å²) in [5, 5.41) is 13.4. The Balaban J connectivity index is 2.15. The van der Waals surface area contributed by atoms with Gasteiger partial charge in [0.1, 0.15) is 0 Å². The summed E-state index contributed by atoms with van der Waals surface area (Å²) in [6, 6.07) is 10.3. The van der Waals surface area contributed by atoms with E-state index in [0.29, 0.717) is 5.41 Å². The number of likely N-dealkylation sites (N-methyl/N-ethyl adjacent to an activating group) is 1. The van der Waals surface area contributed by atoms with E-state index in [0.717, 1.165) is 19.6 Å². The molecule has 1 aromatic carbocycles. The lowest BCUT2D eigenvalue weighted by atomic mass is 9.82. The zero-order valence-electron chi connectivity index (χ0n) is 13.7. The van der Waals surface area contributed by atoms with Gasteiger partial charge in [0.25, 0.3) is 0 Å². The van der Waals surface area contributed by atoms with E-state index in [9.17, 15) is 5.11 Å². The first-order valence-corrected chi connectivity index (χ1v) is 8.21. The summed E-state index contributed by atoms with van der Waals surface area (Å²) in [5.41, 5.74) is 1.28. The molecule has 1 saturated heterocycles. The van der Waals surface area contributed by atoms with Crippen molar-refractivity contribution in [1.29, 1.82) is 0 Å². The molecule has 2 rings (SSSR count). The van der Waals surface area contributed by atoms with Gasteiger partial charge in [0, 0.05) is 13.1 Å². The highest BCUT2D eigenvalue weighted by atomic mass is 16.3. The van der Waals surface area contributed by atoms with E-state index in [1.54, 1.807) is 0 Å². The first-order valence-electron chi connectivity index (χ1n) is 8.21. The van der Waals surface area contributed by atoms with E-state index >= 15 is 0 Å². The minimum atomic E-state index is -0.362. The van der Waals surface area contributed by atoms with Crippen LogP contribution in [-0.4, -0.2) is 43.3 Å². The molecule has 2 N–H and O–H groups in total. The third kappa shape index (κ3) is 3.31. The van der Waals surface area contributed by atoms with Crippen LogP contribution in [0.1, 0.15) is 38.7 Å². The largest absolute Gasteiger partial charge is 0.394 e. The minimum Gasteiger partial charge on any atom is -0.394 e. The maximum absolute atomic E-state index is 10.0. The molecule has 0 radical (unpaired) electrons. The zero-order valence-corrected chi connectivity index (χ0v) is 13.7. The van der Waals surface area contributed by atoms with Crippen molar-refractivity contribution >= 4 is 0 Å². The number of aliphatic hydroxyl groups is 1. The Bertz CT molecular complexity index is 424. The molecule has 3 nitrogen and oxygen atoms in total. The van der Waals surface area contributed by atoms with Gasteiger partial charge < -0.3 is 15.3 Å². The summed E-state index contributed by atoms with van der Waals surface area (Å²) in [4.78, 5) is 2.52. The van der Waals surface area contributed by atoms with Crippen LogP contribution in [-0.2, 0) is 5.54 Å². The molecular formula is C18H30N2O. The molecular weight excluding hydrogens is 260 g/mol. The summed E-state index contributed by atoms with van der Waals surface area (Å²) >= 11 is 0. The summed E-state index contributed by atoms with van der Waals surface area (Å²) < 4.78 is 0. The van der Waals surface area contributed by atoms with Crippen molar-refractivity contribution in [3.63, 3.8) is 0 Å². The zero-order chi connectivity index (χ0) is 15.3. The van der Waals surface area contributed by atoms with Gasteiger partial charge in [0.15, 0.2) is 0 Å². The van der Waals surface area contributed by atoms with Crippen molar-refractivity contribution < 1.29 is 5.11 Å². The molecule has 0 amide bonds. The number of hydrogen-bond acceptors (Lipinski definition) is 3. The summed E-state index contributed by atoms with van der Waals surface area (Å²) in [7, 11) is 1.95. The highest BCUT2D eigenvalue weighted by molar-refractivity contribution is 5.25. The van der Waals surface area contributed by atoms with Crippen molar-refractivity contribution in [2.45, 2.75) is 38.6 Å². The molecule has 1 fully saturated rings. The Morgan fingerprint density at radius 3 is 2.38 bits per heavy atom. The van der Waals surface area contributed by atoms with Crippen LogP contribution in [0.4, 0.5) is 0 Å². The van der Waals surface area contributed by atoms with Gasteiger partial charge in [0.05, 0.1) is 12.1 Å². The fraction of sp³-hybridized carbons (Fsp3) is 0.667. The molecule has 1 unspecified atom stereocenters. The SMILES string of the molecule is CCC1(CC)CCN(CC(CO)(NC)c2ccccc2)C1. The van der Waals surface area contributed by atoms with E-state index < -0.39 is 0 Å². The first kappa shape index (κ1) is 16.5. The number of likely N-dealkylation sites (tertiary alicyclic amines) is 1. The Morgan fingerprint density at radius 2 is 1.90 bits per heavy atom. The number of nitrogens with zero attached hydrogens (tertiary/aromatic N) is 1. The van der Waals surface area contributed by atoms with Crippen molar-refractivity contribution in [3.8, 4) is 0 Å². The molecule has 1 heterocycles. The average Bonchev–Trinajstić information content (AvgIpc) is 2.97. The van der Waals surface area contributed by atoms with Crippen LogP contribution in [0.25, 0.3) is 0 Å². The second-order valence-corrected chi connectivity index (χ2v) is 6.52. The second kappa shape index (κ2) is 6.91. The van der Waals surface area contributed by atoms with E-state index in [4.69, 9.17) is 0 Å². The standard InChI is InChI=1S/C18H30N2O/c1-4-17(5-2)11-12-20(13-17)14-18(15-21,19-3)16-9-7-6-8-10-16/h6-10,19,21H,4-5,11-15H2,1-3H3. The Kier molecular flexibility index (Phi) is 5.42. The lowest BCUT2D eigenvalue weighted by Crippen LogP contribution is -2.52. The lowest BCUT2D eigenvalue weighted by Gasteiger charge is -2.37. The van der Waals surface area contributed by atoms with Crippen LogP contribution in [0.2, 0.25) is 0 Å². The first-order chi connectivity index (χ1) is 10.1. The van der Waals surface area contributed by atoms with Crippen LogP contribution >= 0.6 is 0 Å². The van der Waals surface area contributed by atoms with Gasteiger partial charge in [-0.2, -0.15) is 0 Å². The normalized spacial score (nSPS) is 21.3. The number of aliphatic hydroxyl groups excluding tert-OH is 1. The van der Waals surface area contributed by atoms with Crippen LogP contribution in [0.15, 0.2) is 30.3 Å².